The lowest BCUT2D eigenvalue weighted by atomic mass is 10.3. The Balaban J connectivity index is 2.34. The first-order chi connectivity index (χ1) is 8.61. The first-order valence-electron chi connectivity index (χ1n) is 4.89. The maximum Gasteiger partial charge on any atom is 0.241 e. The zero-order chi connectivity index (χ0) is 13.1. The van der Waals surface area contributed by atoms with E-state index < -0.39 is 11.6 Å². The minimum atomic E-state index is -0.669. The first kappa shape index (κ1) is 12.6. The minimum absolute atomic E-state index is 0.216. The van der Waals surface area contributed by atoms with Crippen LogP contribution in [0.5, 0.6) is 5.88 Å². The highest BCUT2D eigenvalue weighted by Crippen LogP contribution is 2.35. The molecule has 0 fully saturated rings. The molecular formula is C11H9F2N3OS. The second-order valence-corrected chi connectivity index (χ2v) is 4.31. The number of hydrogen-bond donors (Lipinski definition) is 1. The zero-order valence-electron chi connectivity index (χ0n) is 9.35. The van der Waals surface area contributed by atoms with Gasteiger partial charge in [0, 0.05) is 11.0 Å². The van der Waals surface area contributed by atoms with Gasteiger partial charge in [0.1, 0.15) is 28.7 Å². The highest BCUT2D eigenvalue weighted by molar-refractivity contribution is 7.99. The molecule has 0 amide bonds. The van der Waals surface area contributed by atoms with Crippen LogP contribution in [0.15, 0.2) is 34.4 Å². The van der Waals surface area contributed by atoms with Crippen molar-refractivity contribution in [1.29, 1.82) is 0 Å². The molecule has 18 heavy (non-hydrogen) atoms. The van der Waals surface area contributed by atoms with Crippen molar-refractivity contribution in [2.75, 3.05) is 12.8 Å². The molecule has 4 nitrogen and oxygen atoms in total. The van der Waals surface area contributed by atoms with E-state index in [1.54, 1.807) is 0 Å². The van der Waals surface area contributed by atoms with E-state index in [4.69, 9.17) is 10.5 Å². The smallest absolute Gasteiger partial charge is 0.241 e. The monoisotopic (exact) mass is 269 g/mol. The Morgan fingerprint density at radius 1 is 1.28 bits per heavy atom. The lowest BCUT2D eigenvalue weighted by Crippen LogP contribution is -1.99. The molecule has 2 aromatic rings. The third-order valence-corrected chi connectivity index (χ3v) is 3.17. The predicted molar refractivity (Wildman–Crippen MR) is 63.5 cm³/mol. The van der Waals surface area contributed by atoms with E-state index in [1.165, 1.54) is 25.6 Å². The van der Waals surface area contributed by atoms with Crippen LogP contribution < -0.4 is 10.5 Å². The molecule has 7 heteroatoms. The van der Waals surface area contributed by atoms with Crippen LogP contribution in [0, 0.1) is 11.6 Å². The van der Waals surface area contributed by atoms with Gasteiger partial charge in [-0.05, 0) is 12.1 Å². The number of methoxy groups -OCH3 is 1. The van der Waals surface area contributed by atoms with Gasteiger partial charge in [-0.25, -0.2) is 13.8 Å². The zero-order valence-corrected chi connectivity index (χ0v) is 10.2. The third-order valence-electron chi connectivity index (χ3n) is 2.10. The van der Waals surface area contributed by atoms with Gasteiger partial charge in [0.2, 0.25) is 5.88 Å². The van der Waals surface area contributed by atoms with E-state index >= 15 is 0 Å². The van der Waals surface area contributed by atoms with Crippen molar-refractivity contribution in [2.24, 2.45) is 0 Å². The molecule has 2 N–H and O–H groups in total. The highest BCUT2D eigenvalue weighted by Gasteiger charge is 2.12. The van der Waals surface area contributed by atoms with Gasteiger partial charge in [-0.15, -0.1) is 0 Å². The predicted octanol–water partition coefficient (Wildman–Crippen LogP) is 2.50. The molecule has 0 atom stereocenters. The number of rotatable bonds is 3. The summed E-state index contributed by atoms with van der Waals surface area (Å²) in [4.78, 5) is 7.97. The Morgan fingerprint density at radius 3 is 2.72 bits per heavy atom. The van der Waals surface area contributed by atoms with E-state index in [0.29, 0.717) is 5.03 Å². The molecule has 0 bridgehead atoms. The standard InChI is InChI=1S/C11H9F2N3OS/c1-17-10-9(14)11(16-5-15-10)18-8-3-2-6(12)4-7(8)13/h2-5H,14H2,1H3. The Hall–Kier alpha value is -1.89. The van der Waals surface area contributed by atoms with Crippen molar-refractivity contribution < 1.29 is 13.5 Å². The Labute approximate surface area is 106 Å². The maximum atomic E-state index is 13.5. The largest absolute Gasteiger partial charge is 0.479 e. The highest BCUT2D eigenvalue weighted by atomic mass is 32.2. The quantitative estimate of drug-likeness (QED) is 0.867. The molecule has 0 radical (unpaired) electrons. The fourth-order valence-electron chi connectivity index (χ4n) is 1.27. The summed E-state index contributed by atoms with van der Waals surface area (Å²) in [6.45, 7) is 0. The summed E-state index contributed by atoms with van der Waals surface area (Å²) in [6.07, 6.45) is 1.26. The summed E-state index contributed by atoms with van der Waals surface area (Å²) < 4.78 is 31.2. The number of aromatic nitrogens is 2. The molecule has 0 saturated heterocycles. The molecule has 0 saturated carbocycles. The first-order valence-corrected chi connectivity index (χ1v) is 5.71. The Morgan fingerprint density at radius 2 is 2.06 bits per heavy atom. The van der Waals surface area contributed by atoms with Gasteiger partial charge in [0.25, 0.3) is 0 Å². The summed E-state index contributed by atoms with van der Waals surface area (Å²) in [5.41, 5.74) is 5.97. The molecule has 0 spiro atoms. The van der Waals surface area contributed by atoms with E-state index in [1.807, 2.05) is 0 Å². The summed E-state index contributed by atoms with van der Waals surface area (Å²) in [6, 6.07) is 3.29. The van der Waals surface area contributed by atoms with E-state index in [9.17, 15) is 8.78 Å². The van der Waals surface area contributed by atoms with Crippen LogP contribution in [0.25, 0.3) is 0 Å². The maximum absolute atomic E-state index is 13.5. The van der Waals surface area contributed by atoms with Gasteiger partial charge in [-0.1, -0.05) is 11.8 Å². The van der Waals surface area contributed by atoms with Crippen LogP contribution in [-0.4, -0.2) is 17.1 Å². The van der Waals surface area contributed by atoms with Crippen molar-refractivity contribution in [1.82, 2.24) is 9.97 Å². The SMILES string of the molecule is COc1ncnc(Sc2ccc(F)cc2F)c1N. The molecule has 0 unspecified atom stereocenters. The van der Waals surface area contributed by atoms with Gasteiger partial charge in [0.15, 0.2) is 0 Å². The number of anilines is 1. The fraction of sp³-hybridized carbons (Fsp3) is 0.0909. The molecule has 0 aliphatic heterocycles. The van der Waals surface area contributed by atoms with Crippen molar-refractivity contribution in [3.05, 3.63) is 36.2 Å². The molecule has 2 rings (SSSR count). The van der Waals surface area contributed by atoms with E-state index in [-0.39, 0.29) is 16.5 Å². The van der Waals surface area contributed by atoms with E-state index in [0.717, 1.165) is 17.8 Å². The number of hydrogen-bond acceptors (Lipinski definition) is 5. The van der Waals surface area contributed by atoms with Crippen molar-refractivity contribution in [3.8, 4) is 5.88 Å². The van der Waals surface area contributed by atoms with E-state index in [2.05, 4.69) is 9.97 Å². The number of halogens is 2. The number of nitrogens with zero attached hydrogens (tertiary/aromatic N) is 2. The average molecular weight is 269 g/mol. The number of ether oxygens (including phenoxy) is 1. The van der Waals surface area contributed by atoms with Crippen LogP contribution in [-0.2, 0) is 0 Å². The topological polar surface area (TPSA) is 61.0 Å². The Bertz CT molecular complexity index is 580. The van der Waals surface area contributed by atoms with Crippen molar-refractivity contribution >= 4 is 17.4 Å². The number of benzene rings is 1. The molecule has 0 aliphatic carbocycles. The molecule has 1 heterocycles. The molecule has 1 aromatic carbocycles. The van der Waals surface area contributed by atoms with Crippen molar-refractivity contribution in [3.63, 3.8) is 0 Å². The fourth-order valence-corrected chi connectivity index (χ4v) is 2.07. The number of nitrogens with two attached hydrogens (primary N) is 1. The summed E-state index contributed by atoms with van der Waals surface area (Å²) >= 11 is 0.981. The minimum Gasteiger partial charge on any atom is -0.479 e. The third kappa shape index (κ3) is 2.51. The van der Waals surface area contributed by atoms with Gasteiger partial charge in [-0.3, -0.25) is 0 Å². The van der Waals surface area contributed by atoms with Gasteiger partial charge >= 0.3 is 0 Å². The van der Waals surface area contributed by atoms with Gasteiger partial charge in [-0.2, -0.15) is 4.98 Å². The molecular weight excluding hydrogens is 260 g/mol. The lowest BCUT2D eigenvalue weighted by Gasteiger charge is -2.07. The normalized spacial score (nSPS) is 10.4. The average Bonchev–Trinajstić information content (AvgIpc) is 2.35. The van der Waals surface area contributed by atoms with Crippen LogP contribution >= 0.6 is 11.8 Å². The second kappa shape index (κ2) is 5.18. The second-order valence-electron chi connectivity index (χ2n) is 3.28. The van der Waals surface area contributed by atoms with Gasteiger partial charge < -0.3 is 10.5 Å². The molecule has 0 aliphatic rings. The summed E-state index contributed by atoms with van der Waals surface area (Å²) in [7, 11) is 1.42. The Kier molecular flexibility index (Phi) is 3.61. The molecule has 94 valence electrons. The van der Waals surface area contributed by atoms with Crippen LogP contribution in [0.2, 0.25) is 0 Å². The summed E-state index contributed by atoms with van der Waals surface area (Å²) in [5, 5.41) is 0.354. The molecule has 1 aromatic heterocycles. The van der Waals surface area contributed by atoms with Crippen LogP contribution in [0.1, 0.15) is 0 Å². The van der Waals surface area contributed by atoms with Gasteiger partial charge in [0.05, 0.1) is 7.11 Å². The number of nitrogen functional groups attached to an aromatic ring is 1. The van der Waals surface area contributed by atoms with Crippen molar-refractivity contribution in [2.45, 2.75) is 9.92 Å². The lowest BCUT2D eigenvalue weighted by molar-refractivity contribution is 0.397. The van der Waals surface area contributed by atoms with Crippen LogP contribution in [0.4, 0.5) is 14.5 Å². The summed E-state index contributed by atoms with van der Waals surface area (Å²) in [5.74, 6) is -1.09. The van der Waals surface area contributed by atoms with Crippen LogP contribution in [0.3, 0.4) is 0 Å².